The first kappa shape index (κ1) is 16.3. The molecule has 3 aromatic rings. The second-order valence-electron chi connectivity index (χ2n) is 6.56. The number of pyridine rings is 1. The molecule has 1 aromatic carbocycles. The number of oxazole rings is 1. The number of aromatic nitrogens is 2. The van der Waals surface area contributed by atoms with E-state index < -0.39 is 0 Å². The van der Waals surface area contributed by atoms with E-state index >= 15 is 0 Å². The molecule has 2 heterocycles. The van der Waals surface area contributed by atoms with Crippen LogP contribution in [0.25, 0.3) is 22.2 Å². The molecule has 0 bridgehead atoms. The molecule has 1 fully saturated rings. The predicted molar refractivity (Wildman–Crippen MR) is 103 cm³/mol. The maximum absolute atomic E-state index is 12.0. The number of nitrogens with one attached hydrogen (secondary N) is 1. The van der Waals surface area contributed by atoms with Gasteiger partial charge in [0.2, 0.25) is 0 Å². The van der Waals surface area contributed by atoms with Gasteiger partial charge in [-0.2, -0.15) is 0 Å². The summed E-state index contributed by atoms with van der Waals surface area (Å²) in [5.41, 5.74) is 5.36. The topological polar surface area (TPSA) is 60.1 Å². The van der Waals surface area contributed by atoms with Crippen molar-refractivity contribution in [3.05, 3.63) is 46.2 Å². The predicted octanol–water partition coefficient (Wildman–Crippen LogP) is 4.46. The summed E-state index contributed by atoms with van der Waals surface area (Å²) in [5.74, 6) is 2.26. The van der Waals surface area contributed by atoms with Crippen LogP contribution in [0.4, 0.5) is 5.69 Å². The number of benzene rings is 1. The van der Waals surface area contributed by atoms with Gasteiger partial charge >= 0.3 is 0 Å². The van der Waals surface area contributed by atoms with E-state index in [0.29, 0.717) is 5.92 Å². The third-order valence-corrected chi connectivity index (χ3v) is 5.11. The maximum atomic E-state index is 12.0. The van der Waals surface area contributed by atoms with Crippen LogP contribution < -0.4 is 10.3 Å². The van der Waals surface area contributed by atoms with Crippen LogP contribution in [0.5, 0.6) is 0 Å². The van der Waals surface area contributed by atoms with E-state index in [4.69, 9.17) is 9.40 Å². The second-order valence-corrected chi connectivity index (χ2v) is 7.63. The average molecular weight is 355 g/mol. The highest BCUT2D eigenvalue weighted by Gasteiger charge is 2.29. The summed E-state index contributed by atoms with van der Waals surface area (Å²) < 4.78 is 11.0. The van der Waals surface area contributed by atoms with E-state index in [1.807, 2.05) is 25.3 Å². The standard InChI is InChI=1S/C19H21N3O2S/c1-4-25-21-14-8-15(13-7-11(2)19(23)22(3)10-13)17-16(9-14)24-18(20-17)12-5-6-12/h7-10,12,21H,4-6H2,1-3H3. The Hall–Kier alpha value is -2.21. The first-order chi connectivity index (χ1) is 12.1. The van der Waals surface area contributed by atoms with Gasteiger partial charge in [-0.15, -0.1) is 0 Å². The fourth-order valence-corrected chi connectivity index (χ4v) is 3.44. The molecule has 0 aliphatic heterocycles. The largest absolute Gasteiger partial charge is 0.440 e. The van der Waals surface area contributed by atoms with Crippen LogP contribution in [0, 0.1) is 6.92 Å². The van der Waals surface area contributed by atoms with Crippen LogP contribution in [0.1, 0.15) is 37.1 Å². The summed E-state index contributed by atoms with van der Waals surface area (Å²) in [6.07, 6.45) is 4.17. The fourth-order valence-electron chi connectivity index (χ4n) is 3.01. The van der Waals surface area contributed by atoms with Gasteiger partial charge in [0.1, 0.15) is 5.52 Å². The Morgan fingerprint density at radius 3 is 2.84 bits per heavy atom. The summed E-state index contributed by atoms with van der Waals surface area (Å²) in [7, 11) is 1.78. The quantitative estimate of drug-likeness (QED) is 0.685. The molecular weight excluding hydrogens is 334 g/mol. The number of hydrogen-bond acceptors (Lipinski definition) is 5. The molecule has 130 valence electrons. The first-order valence-electron chi connectivity index (χ1n) is 8.56. The Balaban J connectivity index is 1.91. The smallest absolute Gasteiger partial charge is 0.253 e. The first-order valence-corrected chi connectivity index (χ1v) is 9.55. The van der Waals surface area contributed by atoms with Gasteiger partial charge in [0, 0.05) is 53.4 Å². The van der Waals surface area contributed by atoms with Crippen molar-refractivity contribution in [3.63, 3.8) is 0 Å². The van der Waals surface area contributed by atoms with Crippen molar-refractivity contribution < 1.29 is 4.42 Å². The molecule has 5 nitrogen and oxygen atoms in total. The van der Waals surface area contributed by atoms with Crippen LogP contribution in [0.2, 0.25) is 0 Å². The third-order valence-electron chi connectivity index (χ3n) is 4.45. The Labute approximate surface area is 150 Å². The zero-order chi connectivity index (χ0) is 17.6. The van der Waals surface area contributed by atoms with Crippen LogP contribution in [0.3, 0.4) is 0 Å². The Morgan fingerprint density at radius 1 is 1.36 bits per heavy atom. The third kappa shape index (κ3) is 3.06. The number of nitrogens with zero attached hydrogens (tertiary/aromatic N) is 2. The van der Waals surface area contributed by atoms with E-state index in [9.17, 15) is 4.79 Å². The van der Waals surface area contributed by atoms with Gasteiger partial charge in [0.15, 0.2) is 11.5 Å². The lowest BCUT2D eigenvalue weighted by Gasteiger charge is -2.10. The number of hydrogen-bond donors (Lipinski definition) is 1. The van der Waals surface area contributed by atoms with Gasteiger partial charge in [-0.1, -0.05) is 18.9 Å². The molecule has 25 heavy (non-hydrogen) atoms. The molecule has 4 rings (SSSR count). The van der Waals surface area contributed by atoms with Crippen molar-refractivity contribution >= 4 is 28.7 Å². The van der Waals surface area contributed by atoms with Crippen molar-refractivity contribution in [1.82, 2.24) is 9.55 Å². The highest BCUT2D eigenvalue weighted by atomic mass is 32.2. The Bertz CT molecular complexity index is 976. The summed E-state index contributed by atoms with van der Waals surface area (Å²) in [4.78, 5) is 16.8. The fraction of sp³-hybridized carbons (Fsp3) is 0.368. The van der Waals surface area contributed by atoms with Crippen molar-refractivity contribution in [2.24, 2.45) is 7.05 Å². The summed E-state index contributed by atoms with van der Waals surface area (Å²) >= 11 is 1.64. The molecule has 1 N–H and O–H groups in total. The minimum absolute atomic E-state index is 0.0228. The maximum Gasteiger partial charge on any atom is 0.253 e. The minimum atomic E-state index is 0.0228. The molecule has 0 spiro atoms. The molecule has 2 aromatic heterocycles. The SMILES string of the molecule is CCSNc1cc(-c2cc(C)c(=O)n(C)c2)c2nc(C3CC3)oc2c1. The minimum Gasteiger partial charge on any atom is -0.440 e. The summed E-state index contributed by atoms with van der Waals surface area (Å²) in [6.45, 7) is 3.95. The highest BCUT2D eigenvalue weighted by molar-refractivity contribution is 8.00. The van der Waals surface area contributed by atoms with Gasteiger partial charge in [-0.25, -0.2) is 4.98 Å². The van der Waals surface area contributed by atoms with Crippen molar-refractivity contribution in [1.29, 1.82) is 0 Å². The molecule has 1 aliphatic carbocycles. The van der Waals surface area contributed by atoms with Gasteiger partial charge in [-0.05, 0) is 31.9 Å². The van der Waals surface area contributed by atoms with Crippen LogP contribution in [-0.2, 0) is 7.05 Å². The zero-order valence-corrected chi connectivity index (χ0v) is 15.4. The molecule has 0 radical (unpaired) electrons. The lowest BCUT2D eigenvalue weighted by molar-refractivity contribution is 0.533. The van der Waals surface area contributed by atoms with Gasteiger partial charge in [0.25, 0.3) is 5.56 Å². The van der Waals surface area contributed by atoms with E-state index in [1.54, 1.807) is 23.6 Å². The zero-order valence-electron chi connectivity index (χ0n) is 14.6. The van der Waals surface area contributed by atoms with E-state index in [1.165, 1.54) is 0 Å². The molecule has 6 heteroatoms. The Kier molecular flexibility index (Phi) is 4.07. The second kappa shape index (κ2) is 6.26. The molecule has 0 unspecified atom stereocenters. The molecule has 0 amide bonds. The molecule has 0 atom stereocenters. The number of aryl methyl sites for hydroxylation is 2. The number of rotatable bonds is 5. The van der Waals surface area contributed by atoms with Gasteiger partial charge < -0.3 is 13.7 Å². The van der Waals surface area contributed by atoms with E-state index in [0.717, 1.165) is 58.0 Å². The molecule has 1 saturated carbocycles. The van der Waals surface area contributed by atoms with E-state index in [-0.39, 0.29) is 5.56 Å². The monoisotopic (exact) mass is 355 g/mol. The van der Waals surface area contributed by atoms with Gasteiger partial charge in [-0.3, -0.25) is 4.79 Å². The van der Waals surface area contributed by atoms with Crippen LogP contribution >= 0.6 is 11.9 Å². The lowest BCUT2D eigenvalue weighted by Crippen LogP contribution is -2.18. The van der Waals surface area contributed by atoms with Crippen molar-refractivity contribution in [2.45, 2.75) is 32.6 Å². The molecule has 1 aliphatic rings. The molecule has 0 saturated heterocycles. The summed E-state index contributed by atoms with van der Waals surface area (Å²) in [5, 5.41) is 0. The lowest BCUT2D eigenvalue weighted by atomic mass is 10.0. The summed E-state index contributed by atoms with van der Waals surface area (Å²) in [6, 6.07) is 6.03. The van der Waals surface area contributed by atoms with Crippen LogP contribution in [-0.4, -0.2) is 15.3 Å². The average Bonchev–Trinajstić information content (AvgIpc) is 3.36. The van der Waals surface area contributed by atoms with Crippen molar-refractivity contribution in [2.75, 3.05) is 10.5 Å². The normalized spacial score (nSPS) is 14.2. The van der Waals surface area contributed by atoms with E-state index in [2.05, 4.69) is 17.7 Å². The van der Waals surface area contributed by atoms with Gasteiger partial charge in [0.05, 0.1) is 0 Å². The van der Waals surface area contributed by atoms with Crippen molar-refractivity contribution in [3.8, 4) is 11.1 Å². The number of fused-ring (bicyclic) bond motifs is 1. The number of anilines is 1. The highest BCUT2D eigenvalue weighted by Crippen LogP contribution is 2.42. The molecular formula is C19H21N3O2S. The Morgan fingerprint density at radius 2 is 2.16 bits per heavy atom. The van der Waals surface area contributed by atoms with Crippen LogP contribution in [0.15, 0.2) is 33.6 Å².